The first-order valence-corrected chi connectivity index (χ1v) is 7.20. The number of hydrogen-bond donors (Lipinski definition) is 1. The Bertz CT molecular complexity index is 752. The summed E-state index contributed by atoms with van der Waals surface area (Å²) in [6.07, 6.45) is 1.70. The molecule has 23 heavy (non-hydrogen) atoms. The number of ether oxygens (including phenoxy) is 1. The second-order valence-corrected chi connectivity index (χ2v) is 5.13. The lowest BCUT2D eigenvalue weighted by Crippen LogP contribution is -2.27. The van der Waals surface area contributed by atoms with E-state index >= 15 is 0 Å². The first kappa shape index (κ1) is 14.8. The molecule has 1 fully saturated rings. The lowest BCUT2D eigenvalue weighted by atomic mass is 10.1. The van der Waals surface area contributed by atoms with E-state index in [2.05, 4.69) is 5.32 Å². The molecule has 1 N–H and O–H groups in total. The maximum absolute atomic E-state index is 12.0. The summed E-state index contributed by atoms with van der Waals surface area (Å²) in [5.41, 5.74) is 2.12. The Morgan fingerprint density at radius 2 is 1.74 bits per heavy atom. The van der Waals surface area contributed by atoms with Gasteiger partial charge in [0.25, 0.3) is 5.91 Å². The molecule has 0 radical (unpaired) electrons. The molecule has 1 saturated heterocycles. The van der Waals surface area contributed by atoms with Gasteiger partial charge in [-0.1, -0.05) is 42.5 Å². The predicted octanol–water partition coefficient (Wildman–Crippen LogP) is 2.79. The highest BCUT2D eigenvalue weighted by atomic mass is 16.5. The lowest BCUT2D eigenvalue weighted by Gasteiger charge is -2.15. The number of imide groups is 1. The fraction of sp³-hybridized carbons (Fsp3) is 0.111. The Labute approximate surface area is 134 Å². The van der Waals surface area contributed by atoms with E-state index in [1.54, 1.807) is 13.2 Å². The fourth-order valence-electron chi connectivity index (χ4n) is 2.39. The molecule has 2 aromatic rings. The Hall–Kier alpha value is -3.08. The highest BCUT2D eigenvalue weighted by molar-refractivity contribution is 6.13. The summed E-state index contributed by atoms with van der Waals surface area (Å²) in [5.74, 6) is 0.349. The monoisotopic (exact) mass is 308 g/mol. The second-order valence-electron chi connectivity index (χ2n) is 5.13. The number of urea groups is 1. The van der Waals surface area contributed by atoms with Crippen LogP contribution < -0.4 is 10.1 Å². The van der Waals surface area contributed by atoms with Crippen LogP contribution in [0.2, 0.25) is 0 Å². The van der Waals surface area contributed by atoms with Crippen molar-refractivity contribution in [1.82, 2.24) is 10.2 Å². The topological polar surface area (TPSA) is 58.6 Å². The largest absolute Gasteiger partial charge is 0.497 e. The molecule has 0 unspecified atom stereocenters. The summed E-state index contributed by atoms with van der Waals surface area (Å²) in [4.78, 5) is 25.5. The van der Waals surface area contributed by atoms with Crippen LogP contribution in [0.25, 0.3) is 6.08 Å². The van der Waals surface area contributed by atoms with Gasteiger partial charge in [0.05, 0.1) is 13.7 Å². The minimum absolute atomic E-state index is 0.337. The van der Waals surface area contributed by atoms with Gasteiger partial charge in [0.15, 0.2) is 0 Å². The molecule has 3 amide bonds. The van der Waals surface area contributed by atoms with Crippen molar-refractivity contribution in [2.75, 3.05) is 7.11 Å². The van der Waals surface area contributed by atoms with Crippen molar-refractivity contribution in [1.29, 1.82) is 0 Å². The van der Waals surface area contributed by atoms with E-state index in [9.17, 15) is 9.59 Å². The van der Waals surface area contributed by atoms with E-state index in [4.69, 9.17) is 4.74 Å². The maximum atomic E-state index is 12.0. The molecule has 0 saturated carbocycles. The summed E-state index contributed by atoms with van der Waals surface area (Å²) < 4.78 is 5.11. The highest BCUT2D eigenvalue weighted by Crippen LogP contribution is 2.21. The van der Waals surface area contributed by atoms with Gasteiger partial charge in [-0.25, -0.2) is 4.79 Å². The van der Waals surface area contributed by atoms with Crippen LogP contribution in [0.4, 0.5) is 4.79 Å². The normalized spacial score (nSPS) is 15.9. The van der Waals surface area contributed by atoms with Gasteiger partial charge in [-0.2, -0.15) is 0 Å². The van der Waals surface area contributed by atoms with Crippen LogP contribution in [-0.2, 0) is 11.3 Å². The van der Waals surface area contributed by atoms with Crippen molar-refractivity contribution >= 4 is 18.0 Å². The van der Waals surface area contributed by atoms with E-state index in [0.29, 0.717) is 12.2 Å². The van der Waals surface area contributed by atoms with Gasteiger partial charge in [0.2, 0.25) is 0 Å². The number of amides is 3. The van der Waals surface area contributed by atoms with Crippen molar-refractivity contribution in [3.8, 4) is 5.75 Å². The standard InChI is InChI=1S/C18H16N2O3/c1-23-15-9-7-13(8-10-15)11-16-17(21)19-18(22)20(16)12-14-5-3-2-4-6-14/h2-11H,12H2,1H3,(H,19,21,22)/b16-11+. The zero-order valence-electron chi connectivity index (χ0n) is 12.7. The Balaban J connectivity index is 1.89. The Morgan fingerprint density at radius 3 is 2.39 bits per heavy atom. The van der Waals surface area contributed by atoms with E-state index in [-0.39, 0.29) is 5.91 Å². The fourth-order valence-corrected chi connectivity index (χ4v) is 2.39. The SMILES string of the molecule is COc1ccc(/C=C2\C(=O)NC(=O)N2Cc2ccccc2)cc1. The van der Waals surface area contributed by atoms with Crippen molar-refractivity contribution in [2.45, 2.75) is 6.54 Å². The lowest BCUT2D eigenvalue weighted by molar-refractivity contribution is -0.116. The zero-order valence-corrected chi connectivity index (χ0v) is 12.7. The number of carbonyl (C=O) groups is 2. The van der Waals surface area contributed by atoms with Crippen molar-refractivity contribution in [3.63, 3.8) is 0 Å². The van der Waals surface area contributed by atoms with E-state index in [0.717, 1.165) is 16.9 Å². The van der Waals surface area contributed by atoms with Crippen LogP contribution in [0.15, 0.2) is 60.3 Å². The molecular weight excluding hydrogens is 292 g/mol. The third kappa shape index (κ3) is 3.23. The number of benzene rings is 2. The maximum Gasteiger partial charge on any atom is 0.329 e. The molecule has 0 bridgehead atoms. The quantitative estimate of drug-likeness (QED) is 0.698. The molecule has 116 valence electrons. The molecule has 1 aliphatic rings. The highest BCUT2D eigenvalue weighted by Gasteiger charge is 2.32. The zero-order chi connectivity index (χ0) is 16.2. The number of rotatable bonds is 4. The molecule has 3 rings (SSSR count). The van der Waals surface area contributed by atoms with E-state index in [1.807, 2.05) is 54.6 Å². The number of nitrogens with zero attached hydrogens (tertiary/aromatic N) is 1. The smallest absolute Gasteiger partial charge is 0.329 e. The molecule has 5 nitrogen and oxygen atoms in total. The van der Waals surface area contributed by atoms with Gasteiger partial charge in [-0.3, -0.25) is 15.0 Å². The van der Waals surface area contributed by atoms with E-state index < -0.39 is 6.03 Å². The van der Waals surface area contributed by atoms with Crippen LogP contribution in [0.1, 0.15) is 11.1 Å². The first-order chi connectivity index (χ1) is 11.2. The number of hydrogen-bond acceptors (Lipinski definition) is 3. The predicted molar refractivity (Wildman–Crippen MR) is 86.5 cm³/mol. The molecule has 0 atom stereocenters. The van der Waals surface area contributed by atoms with Crippen LogP contribution >= 0.6 is 0 Å². The summed E-state index contributed by atoms with van der Waals surface area (Å²) in [5, 5.41) is 2.34. The molecule has 1 aliphatic heterocycles. The van der Waals surface area contributed by atoms with Crippen molar-refractivity contribution in [2.24, 2.45) is 0 Å². The number of methoxy groups -OCH3 is 1. The summed E-state index contributed by atoms with van der Waals surface area (Å²) in [6, 6.07) is 16.4. The van der Waals surface area contributed by atoms with Crippen LogP contribution in [0.3, 0.4) is 0 Å². The first-order valence-electron chi connectivity index (χ1n) is 7.20. The van der Waals surface area contributed by atoms with Crippen molar-refractivity contribution < 1.29 is 14.3 Å². The molecule has 0 aromatic heterocycles. The third-order valence-corrected chi connectivity index (χ3v) is 3.59. The molecular formula is C18H16N2O3. The van der Waals surface area contributed by atoms with Crippen molar-refractivity contribution in [3.05, 3.63) is 71.4 Å². The number of carbonyl (C=O) groups excluding carboxylic acids is 2. The van der Waals surface area contributed by atoms with Gasteiger partial charge in [-0.15, -0.1) is 0 Å². The van der Waals surface area contributed by atoms with Gasteiger partial charge in [0, 0.05) is 0 Å². The summed E-state index contributed by atoms with van der Waals surface area (Å²) in [7, 11) is 1.60. The third-order valence-electron chi connectivity index (χ3n) is 3.59. The van der Waals surface area contributed by atoms with Crippen LogP contribution in [-0.4, -0.2) is 23.9 Å². The van der Waals surface area contributed by atoms with Gasteiger partial charge >= 0.3 is 6.03 Å². The molecule has 0 aliphatic carbocycles. The number of nitrogens with one attached hydrogen (secondary N) is 1. The van der Waals surface area contributed by atoms with Gasteiger partial charge < -0.3 is 4.74 Å². The summed E-state index contributed by atoms with van der Waals surface area (Å²) >= 11 is 0. The molecule has 0 spiro atoms. The molecule has 5 heteroatoms. The second kappa shape index (κ2) is 6.36. The van der Waals surface area contributed by atoms with Gasteiger partial charge in [-0.05, 0) is 29.3 Å². The van der Waals surface area contributed by atoms with Gasteiger partial charge in [0.1, 0.15) is 11.4 Å². The minimum atomic E-state index is -0.404. The van der Waals surface area contributed by atoms with Crippen LogP contribution in [0.5, 0.6) is 5.75 Å². The van der Waals surface area contributed by atoms with E-state index in [1.165, 1.54) is 4.90 Å². The Morgan fingerprint density at radius 1 is 1.04 bits per heavy atom. The minimum Gasteiger partial charge on any atom is -0.497 e. The Kier molecular flexibility index (Phi) is 4.10. The molecule has 1 heterocycles. The summed E-state index contributed by atoms with van der Waals surface area (Å²) in [6.45, 7) is 0.348. The molecule has 2 aromatic carbocycles. The van der Waals surface area contributed by atoms with Crippen LogP contribution in [0, 0.1) is 0 Å². The average molecular weight is 308 g/mol. The average Bonchev–Trinajstić information content (AvgIpc) is 2.83.